The van der Waals surface area contributed by atoms with E-state index in [2.05, 4.69) is 57.3 Å². The Morgan fingerprint density at radius 3 is 2.05 bits per heavy atom. The molecule has 19 heavy (non-hydrogen) atoms. The monoisotopic (exact) mass is 259 g/mol. The van der Waals surface area contributed by atoms with Crippen LogP contribution in [0.25, 0.3) is 0 Å². The van der Waals surface area contributed by atoms with Crippen molar-refractivity contribution in [3.63, 3.8) is 0 Å². The first-order valence-electron chi connectivity index (χ1n) is 7.89. The summed E-state index contributed by atoms with van der Waals surface area (Å²) in [6, 6.07) is 10.1. The van der Waals surface area contributed by atoms with Crippen LogP contribution in [0.3, 0.4) is 0 Å². The molecule has 0 radical (unpaired) electrons. The summed E-state index contributed by atoms with van der Waals surface area (Å²) < 4.78 is 0. The summed E-state index contributed by atoms with van der Waals surface area (Å²) in [6.45, 7) is 9.18. The molecule has 1 aliphatic rings. The van der Waals surface area contributed by atoms with Gasteiger partial charge in [-0.25, -0.2) is 0 Å². The largest absolute Gasteiger partial charge is 0.307 e. The molecule has 1 aromatic rings. The number of hydrogen-bond donors (Lipinski definition) is 1. The van der Waals surface area contributed by atoms with E-state index in [0.717, 1.165) is 11.8 Å². The summed E-state index contributed by atoms with van der Waals surface area (Å²) in [5, 5.41) is 3.81. The maximum atomic E-state index is 3.81. The lowest BCUT2D eigenvalue weighted by molar-refractivity contribution is 0.231. The molecule has 0 bridgehead atoms. The van der Waals surface area contributed by atoms with Crippen molar-refractivity contribution in [2.24, 2.45) is 11.8 Å². The molecule has 0 amide bonds. The Bertz CT molecular complexity index is 371. The van der Waals surface area contributed by atoms with Gasteiger partial charge in [-0.15, -0.1) is 0 Å². The molecule has 0 aromatic heterocycles. The van der Waals surface area contributed by atoms with Gasteiger partial charge in [-0.1, -0.05) is 43.7 Å². The van der Waals surface area contributed by atoms with Crippen molar-refractivity contribution in [2.45, 2.75) is 65.5 Å². The molecular weight excluding hydrogens is 230 g/mol. The van der Waals surface area contributed by atoms with Crippen LogP contribution in [0.5, 0.6) is 0 Å². The Morgan fingerprint density at radius 1 is 0.947 bits per heavy atom. The molecule has 106 valence electrons. The number of rotatable bonds is 4. The minimum Gasteiger partial charge on any atom is -0.307 e. The third-order valence-electron chi connectivity index (χ3n) is 4.78. The van der Waals surface area contributed by atoms with Gasteiger partial charge < -0.3 is 5.32 Å². The van der Waals surface area contributed by atoms with E-state index in [1.807, 2.05) is 0 Å². The molecule has 1 unspecified atom stereocenters. The third kappa shape index (κ3) is 4.07. The summed E-state index contributed by atoms with van der Waals surface area (Å²) in [5.74, 6) is 1.81. The lowest BCUT2D eigenvalue weighted by Gasteiger charge is -2.33. The Balaban J connectivity index is 1.83. The lowest BCUT2D eigenvalue weighted by Crippen LogP contribution is -2.35. The second-order valence-electron chi connectivity index (χ2n) is 6.65. The van der Waals surface area contributed by atoms with E-state index in [4.69, 9.17) is 0 Å². The average molecular weight is 259 g/mol. The summed E-state index contributed by atoms with van der Waals surface area (Å²) >= 11 is 0. The van der Waals surface area contributed by atoms with Gasteiger partial charge in [0, 0.05) is 12.1 Å². The predicted molar refractivity (Wildman–Crippen MR) is 83.3 cm³/mol. The van der Waals surface area contributed by atoms with Crippen LogP contribution in [0.4, 0.5) is 0 Å². The van der Waals surface area contributed by atoms with Crippen LogP contribution in [0.15, 0.2) is 24.3 Å². The maximum Gasteiger partial charge on any atom is 0.0294 e. The number of aryl methyl sites for hydroxylation is 1. The second kappa shape index (κ2) is 6.56. The van der Waals surface area contributed by atoms with E-state index in [-0.39, 0.29) is 0 Å². The van der Waals surface area contributed by atoms with Gasteiger partial charge in [-0.05, 0) is 56.9 Å². The van der Waals surface area contributed by atoms with Crippen LogP contribution in [0.1, 0.15) is 63.6 Å². The van der Waals surface area contributed by atoms with Crippen LogP contribution in [0, 0.1) is 18.8 Å². The zero-order chi connectivity index (χ0) is 13.8. The van der Waals surface area contributed by atoms with Gasteiger partial charge in [-0.3, -0.25) is 0 Å². The molecule has 1 heteroatoms. The standard InChI is InChI=1S/C18H29N/c1-13(2)16-9-11-18(12-10-16)19-15(4)17-7-5-14(3)6-8-17/h5-8,13,15-16,18-19H,9-12H2,1-4H3. The highest BCUT2D eigenvalue weighted by molar-refractivity contribution is 5.23. The Hall–Kier alpha value is -0.820. The minimum absolute atomic E-state index is 0.473. The van der Waals surface area contributed by atoms with Crippen molar-refractivity contribution in [1.29, 1.82) is 0 Å². The van der Waals surface area contributed by atoms with Crippen molar-refractivity contribution in [3.8, 4) is 0 Å². The van der Waals surface area contributed by atoms with Crippen LogP contribution in [-0.4, -0.2) is 6.04 Å². The predicted octanol–water partition coefficient (Wildman–Crippen LogP) is 4.86. The number of nitrogens with one attached hydrogen (secondary N) is 1. The summed E-state index contributed by atoms with van der Waals surface area (Å²) in [5.41, 5.74) is 2.75. The van der Waals surface area contributed by atoms with E-state index in [0.29, 0.717) is 12.1 Å². The van der Waals surface area contributed by atoms with Crippen molar-refractivity contribution < 1.29 is 0 Å². The molecule has 1 saturated carbocycles. The highest BCUT2D eigenvalue weighted by Gasteiger charge is 2.24. The van der Waals surface area contributed by atoms with Crippen LogP contribution < -0.4 is 5.32 Å². The highest BCUT2D eigenvalue weighted by atomic mass is 14.9. The molecule has 2 rings (SSSR count). The fourth-order valence-electron chi connectivity index (χ4n) is 3.26. The molecule has 0 aliphatic heterocycles. The number of benzene rings is 1. The van der Waals surface area contributed by atoms with E-state index >= 15 is 0 Å². The summed E-state index contributed by atoms with van der Waals surface area (Å²) in [6.07, 6.45) is 5.49. The van der Waals surface area contributed by atoms with Crippen molar-refractivity contribution in [2.75, 3.05) is 0 Å². The fourth-order valence-corrected chi connectivity index (χ4v) is 3.26. The van der Waals surface area contributed by atoms with Crippen LogP contribution in [-0.2, 0) is 0 Å². The smallest absolute Gasteiger partial charge is 0.0294 e. The SMILES string of the molecule is Cc1ccc(C(C)NC2CCC(C(C)C)CC2)cc1. The Kier molecular flexibility index (Phi) is 5.04. The van der Waals surface area contributed by atoms with E-state index < -0.39 is 0 Å². The summed E-state index contributed by atoms with van der Waals surface area (Å²) in [7, 11) is 0. The quantitative estimate of drug-likeness (QED) is 0.814. The molecule has 1 atom stereocenters. The van der Waals surface area contributed by atoms with Crippen molar-refractivity contribution in [1.82, 2.24) is 5.32 Å². The average Bonchev–Trinajstić information content (AvgIpc) is 2.40. The van der Waals surface area contributed by atoms with Crippen molar-refractivity contribution in [3.05, 3.63) is 35.4 Å². The zero-order valence-corrected chi connectivity index (χ0v) is 12.9. The first kappa shape index (κ1) is 14.6. The van der Waals surface area contributed by atoms with Gasteiger partial charge in [0.15, 0.2) is 0 Å². The number of hydrogen-bond acceptors (Lipinski definition) is 1. The maximum absolute atomic E-state index is 3.81. The van der Waals surface area contributed by atoms with Gasteiger partial charge >= 0.3 is 0 Å². The fraction of sp³-hybridized carbons (Fsp3) is 0.667. The minimum atomic E-state index is 0.473. The normalized spacial score (nSPS) is 25.5. The molecular formula is C18H29N. The van der Waals surface area contributed by atoms with E-state index in [9.17, 15) is 0 Å². The molecule has 0 heterocycles. The molecule has 1 aromatic carbocycles. The summed E-state index contributed by atoms with van der Waals surface area (Å²) in [4.78, 5) is 0. The first-order chi connectivity index (χ1) is 9.06. The topological polar surface area (TPSA) is 12.0 Å². The zero-order valence-electron chi connectivity index (χ0n) is 12.9. The van der Waals surface area contributed by atoms with Crippen LogP contribution in [0.2, 0.25) is 0 Å². The second-order valence-corrected chi connectivity index (χ2v) is 6.65. The highest BCUT2D eigenvalue weighted by Crippen LogP contribution is 2.30. The molecule has 1 N–H and O–H groups in total. The molecule has 1 aliphatic carbocycles. The molecule has 0 spiro atoms. The molecule has 1 fully saturated rings. The Labute approximate surface area is 118 Å². The van der Waals surface area contributed by atoms with Gasteiger partial charge in [0.2, 0.25) is 0 Å². The lowest BCUT2D eigenvalue weighted by atomic mass is 9.79. The third-order valence-corrected chi connectivity index (χ3v) is 4.78. The van der Waals surface area contributed by atoms with E-state index in [1.165, 1.54) is 36.8 Å². The van der Waals surface area contributed by atoms with Gasteiger partial charge in [0.1, 0.15) is 0 Å². The van der Waals surface area contributed by atoms with E-state index in [1.54, 1.807) is 0 Å². The Morgan fingerprint density at radius 2 is 1.53 bits per heavy atom. The molecule has 0 saturated heterocycles. The van der Waals surface area contributed by atoms with Gasteiger partial charge in [0.05, 0.1) is 0 Å². The van der Waals surface area contributed by atoms with Gasteiger partial charge in [-0.2, -0.15) is 0 Å². The van der Waals surface area contributed by atoms with Gasteiger partial charge in [0.25, 0.3) is 0 Å². The first-order valence-corrected chi connectivity index (χ1v) is 7.89. The van der Waals surface area contributed by atoms with Crippen LogP contribution >= 0.6 is 0 Å². The molecule has 1 nitrogen and oxygen atoms in total. The van der Waals surface area contributed by atoms with Crippen molar-refractivity contribution >= 4 is 0 Å².